The van der Waals surface area contributed by atoms with Crippen LogP contribution in [0.25, 0.3) is 0 Å². The van der Waals surface area contributed by atoms with Gasteiger partial charge >= 0.3 is 0 Å². The number of aliphatic hydroxyl groups is 1. The lowest BCUT2D eigenvalue weighted by molar-refractivity contribution is 0.127. The first kappa shape index (κ1) is 11.1. The van der Waals surface area contributed by atoms with Crippen LogP contribution in [0.1, 0.15) is 38.1 Å². The minimum Gasteiger partial charge on any atom is -0.383 e. The molecule has 1 atom stereocenters. The van der Waals surface area contributed by atoms with Gasteiger partial charge in [-0.15, -0.1) is 0 Å². The molecule has 0 fully saturated rings. The number of aromatic nitrogens is 2. The topological polar surface area (TPSA) is 85.2 Å². The van der Waals surface area contributed by atoms with Crippen LogP contribution >= 0.6 is 0 Å². The van der Waals surface area contributed by atoms with E-state index in [1.54, 1.807) is 0 Å². The van der Waals surface area contributed by atoms with Crippen molar-refractivity contribution < 1.29 is 9.63 Å². The molecule has 0 aliphatic carbocycles. The molecule has 0 amide bonds. The number of aliphatic hydroxyl groups excluding tert-OH is 1. The van der Waals surface area contributed by atoms with Gasteiger partial charge in [0, 0.05) is 6.42 Å². The Balaban J connectivity index is 2.58. The first-order valence-electron chi connectivity index (χ1n) is 4.84. The van der Waals surface area contributed by atoms with Crippen LogP contribution in [0.5, 0.6) is 0 Å². The van der Waals surface area contributed by atoms with Gasteiger partial charge in [-0.25, -0.2) is 0 Å². The lowest BCUT2D eigenvalue weighted by atomic mass is 10.1. The summed E-state index contributed by atoms with van der Waals surface area (Å²) >= 11 is 0. The third-order valence-corrected chi connectivity index (χ3v) is 1.80. The molecule has 80 valence electrons. The van der Waals surface area contributed by atoms with E-state index >= 15 is 0 Å². The van der Waals surface area contributed by atoms with Crippen molar-refractivity contribution in [3.63, 3.8) is 0 Å². The molecule has 0 radical (unpaired) electrons. The van der Waals surface area contributed by atoms with Crippen LogP contribution in [-0.4, -0.2) is 21.8 Å². The van der Waals surface area contributed by atoms with Gasteiger partial charge < -0.3 is 15.4 Å². The van der Waals surface area contributed by atoms with Crippen LogP contribution in [0.2, 0.25) is 0 Å². The largest absolute Gasteiger partial charge is 0.383 e. The molecule has 1 unspecified atom stereocenters. The molecule has 0 aliphatic heterocycles. The average Bonchev–Trinajstić information content (AvgIpc) is 2.52. The van der Waals surface area contributed by atoms with Crippen molar-refractivity contribution in [3.8, 4) is 0 Å². The molecular formula is C9H17N3O2. The maximum absolute atomic E-state index is 9.49. The van der Waals surface area contributed by atoms with Crippen molar-refractivity contribution in [1.82, 2.24) is 10.1 Å². The Morgan fingerprint density at radius 2 is 2.21 bits per heavy atom. The summed E-state index contributed by atoms with van der Waals surface area (Å²) in [5.41, 5.74) is 5.30. The van der Waals surface area contributed by atoms with Gasteiger partial charge in [0.2, 0.25) is 0 Å². The number of hydrogen-bond donors (Lipinski definition) is 2. The maximum atomic E-state index is 9.49. The van der Waals surface area contributed by atoms with Crippen LogP contribution in [0, 0.1) is 5.92 Å². The van der Waals surface area contributed by atoms with Gasteiger partial charge in [-0.3, -0.25) is 0 Å². The number of rotatable bonds is 5. The van der Waals surface area contributed by atoms with E-state index in [0.29, 0.717) is 24.7 Å². The second-order valence-corrected chi connectivity index (χ2v) is 3.74. The van der Waals surface area contributed by atoms with Crippen LogP contribution in [0.4, 0.5) is 0 Å². The predicted molar refractivity (Wildman–Crippen MR) is 51.5 cm³/mol. The molecular weight excluding hydrogens is 182 g/mol. The summed E-state index contributed by atoms with van der Waals surface area (Å²) in [5, 5.41) is 13.3. The molecule has 0 saturated carbocycles. The Labute approximate surface area is 83.3 Å². The Kier molecular flexibility index (Phi) is 4.03. The quantitative estimate of drug-likeness (QED) is 0.727. The van der Waals surface area contributed by atoms with E-state index < -0.39 is 6.10 Å². The van der Waals surface area contributed by atoms with Gasteiger partial charge in [0.1, 0.15) is 6.10 Å². The van der Waals surface area contributed by atoms with Gasteiger partial charge in [0.15, 0.2) is 5.82 Å². The molecule has 3 N–H and O–H groups in total. The average molecular weight is 199 g/mol. The molecule has 5 heteroatoms. The van der Waals surface area contributed by atoms with Crippen molar-refractivity contribution in [1.29, 1.82) is 0 Å². The van der Waals surface area contributed by atoms with E-state index in [1.807, 2.05) is 0 Å². The van der Waals surface area contributed by atoms with E-state index in [4.69, 9.17) is 10.3 Å². The highest BCUT2D eigenvalue weighted by Crippen LogP contribution is 2.14. The molecule has 5 nitrogen and oxygen atoms in total. The number of nitrogens with zero attached hydrogens (tertiary/aromatic N) is 2. The zero-order chi connectivity index (χ0) is 10.6. The van der Waals surface area contributed by atoms with Gasteiger partial charge in [-0.1, -0.05) is 19.0 Å². The summed E-state index contributed by atoms with van der Waals surface area (Å²) in [5.74, 6) is 1.39. The summed E-state index contributed by atoms with van der Waals surface area (Å²) in [6.07, 6.45) is 0.482. The van der Waals surface area contributed by atoms with Crippen LogP contribution in [-0.2, 0) is 6.42 Å². The fourth-order valence-electron chi connectivity index (χ4n) is 1.13. The highest BCUT2D eigenvalue weighted by Gasteiger charge is 2.15. The van der Waals surface area contributed by atoms with Crippen LogP contribution < -0.4 is 5.73 Å². The fourth-order valence-corrected chi connectivity index (χ4v) is 1.13. The fraction of sp³-hybridized carbons (Fsp3) is 0.778. The van der Waals surface area contributed by atoms with E-state index in [9.17, 15) is 5.11 Å². The van der Waals surface area contributed by atoms with E-state index in [-0.39, 0.29) is 5.89 Å². The van der Waals surface area contributed by atoms with Crippen molar-refractivity contribution >= 4 is 0 Å². The SMILES string of the molecule is CC(C)Cc1noc(C(O)CCN)n1. The molecule has 0 bridgehead atoms. The van der Waals surface area contributed by atoms with Gasteiger partial charge in [0.05, 0.1) is 0 Å². The summed E-state index contributed by atoms with van der Waals surface area (Å²) in [6.45, 7) is 4.56. The van der Waals surface area contributed by atoms with Gasteiger partial charge in [-0.2, -0.15) is 4.98 Å². The van der Waals surface area contributed by atoms with E-state index in [1.165, 1.54) is 0 Å². The number of nitrogens with two attached hydrogens (primary N) is 1. The molecule has 0 aromatic carbocycles. The summed E-state index contributed by atoms with van der Waals surface area (Å²) in [7, 11) is 0. The van der Waals surface area contributed by atoms with Crippen molar-refractivity contribution in [2.75, 3.05) is 6.54 Å². The second-order valence-electron chi connectivity index (χ2n) is 3.74. The van der Waals surface area contributed by atoms with E-state index in [0.717, 1.165) is 6.42 Å². The zero-order valence-corrected chi connectivity index (χ0v) is 8.60. The van der Waals surface area contributed by atoms with Crippen molar-refractivity contribution in [3.05, 3.63) is 11.7 Å². The lowest BCUT2D eigenvalue weighted by Gasteiger charge is -2.01. The molecule has 1 heterocycles. The van der Waals surface area contributed by atoms with Crippen LogP contribution in [0.3, 0.4) is 0 Å². The number of hydrogen-bond acceptors (Lipinski definition) is 5. The van der Waals surface area contributed by atoms with Crippen molar-refractivity contribution in [2.24, 2.45) is 11.7 Å². The minimum atomic E-state index is -0.728. The second kappa shape index (κ2) is 5.07. The smallest absolute Gasteiger partial charge is 0.255 e. The summed E-state index contributed by atoms with van der Waals surface area (Å²) in [6, 6.07) is 0. The first-order valence-corrected chi connectivity index (χ1v) is 4.84. The summed E-state index contributed by atoms with van der Waals surface area (Å²) in [4.78, 5) is 4.09. The predicted octanol–water partition coefficient (Wildman–Crippen LogP) is 0.650. The lowest BCUT2D eigenvalue weighted by Crippen LogP contribution is -2.07. The molecule has 0 aliphatic rings. The highest BCUT2D eigenvalue weighted by atomic mass is 16.5. The first-order chi connectivity index (χ1) is 6.63. The molecule has 1 rings (SSSR count). The monoisotopic (exact) mass is 199 g/mol. The summed E-state index contributed by atoms with van der Waals surface area (Å²) < 4.78 is 4.91. The Hall–Kier alpha value is -0.940. The highest BCUT2D eigenvalue weighted by molar-refractivity contribution is 4.90. The molecule has 0 spiro atoms. The van der Waals surface area contributed by atoms with Crippen molar-refractivity contribution in [2.45, 2.75) is 32.8 Å². The normalized spacial score (nSPS) is 13.5. The molecule has 0 saturated heterocycles. The molecule has 1 aromatic rings. The Morgan fingerprint density at radius 3 is 2.79 bits per heavy atom. The maximum Gasteiger partial charge on any atom is 0.255 e. The standard InChI is InChI=1S/C9H17N3O2/c1-6(2)5-8-11-9(14-12-8)7(13)3-4-10/h6-7,13H,3-5,10H2,1-2H3. The Bertz CT molecular complexity index is 273. The third kappa shape index (κ3) is 3.08. The van der Waals surface area contributed by atoms with Gasteiger partial charge in [0.25, 0.3) is 5.89 Å². The minimum absolute atomic E-state index is 0.270. The molecule has 14 heavy (non-hydrogen) atoms. The van der Waals surface area contributed by atoms with Gasteiger partial charge in [-0.05, 0) is 18.9 Å². The molecule has 1 aromatic heterocycles. The zero-order valence-electron chi connectivity index (χ0n) is 8.60. The van der Waals surface area contributed by atoms with E-state index in [2.05, 4.69) is 24.0 Å². The van der Waals surface area contributed by atoms with Crippen LogP contribution in [0.15, 0.2) is 4.52 Å². The third-order valence-electron chi connectivity index (χ3n) is 1.80. The Morgan fingerprint density at radius 1 is 1.50 bits per heavy atom.